The number of fused-ring (bicyclic) bond motifs is 1. The normalized spacial score (nSPS) is 17.7. The highest BCUT2D eigenvalue weighted by Gasteiger charge is 2.36. The standard InChI is InChI=1S/C23H21FN2O2/c1-15(17-11-10-16-6-2-3-7-18(16)12-17)25-23(28)19-13-22(27)26(14-19)21-9-5-4-8-20(21)24/h2-12,15,19H,13-14H2,1H3,(H,25,28). The molecule has 0 aliphatic carbocycles. The van der Waals surface area contributed by atoms with Gasteiger partial charge in [0.2, 0.25) is 11.8 Å². The average molecular weight is 376 g/mol. The number of hydrogen-bond acceptors (Lipinski definition) is 2. The van der Waals surface area contributed by atoms with Gasteiger partial charge in [0.1, 0.15) is 5.82 Å². The van der Waals surface area contributed by atoms with Crippen LogP contribution in [0.5, 0.6) is 0 Å². The first-order valence-corrected chi connectivity index (χ1v) is 9.37. The van der Waals surface area contributed by atoms with Crippen LogP contribution in [0.2, 0.25) is 0 Å². The Morgan fingerprint density at radius 3 is 2.57 bits per heavy atom. The lowest BCUT2D eigenvalue weighted by atomic mass is 10.0. The first kappa shape index (κ1) is 18.2. The van der Waals surface area contributed by atoms with Crippen molar-refractivity contribution in [3.05, 3.63) is 78.1 Å². The molecule has 4 nitrogen and oxygen atoms in total. The molecule has 2 atom stereocenters. The second-order valence-electron chi connectivity index (χ2n) is 7.19. The SMILES string of the molecule is CC(NC(=O)C1CC(=O)N(c2ccccc2F)C1)c1ccc2ccccc2c1. The van der Waals surface area contributed by atoms with Gasteiger partial charge in [0.05, 0.1) is 17.6 Å². The molecule has 3 aromatic carbocycles. The van der Waals surface area contributed by atoms with E-state index >= 15 is 0 Å². The molecule has 28 heavy (non-hydrogen) atoms. The van der Waals surface area contributed by atoms with Crippen molar-refractivity contribution in [2.75, 3.05) is 11.4 Å². The zero-order chi connectivity index (χ0) is 19.7. The van der Waals surface area contributed by atoms with E-state index in [9.17, 15) is 14.0 Å². The van der Waals surface area contributed by atoms with Crippen LogP contribution >= 0.6 is 0 Å². The number of hydrogen-bond donors (Lipinski definition) is 1. The number of rotatable bonds is 4. The van der Waals surface area contributed by atoms with Crippen molar-refractivity contribution in [3.8, 4) is 0 Å². The Kier molecular flexibility index (Phi) is 4.82. The molecule has 0 saturated carbocycles. The molecule has 1 aliphatic rings. The Labute approximate surface area is 163 Å². The summed E-state index contributed by atoms with van der Waals surface area (Å²) in [6.07, 6.45) is 0.0879. The lowest BCUT2D eigenvalue weighted by Gasteiger charge is -2.19. The van der Waals surface area contributed by atoms with Crippen LogP contribution in [0.4, 0.5) is 10.1 Å². The van der Waals surface area contributed by atoms with Crippen molar-refractivity contribution in [1.29, 1.82) is 0 Å². The Bertz CT molecular complexity index is 1050. The van der Waals surface area contributed by atoms with Gasteiger partial charge >= 0.3 is 0 Å². The second-order valence-corrected chi connectivity index (χ2v) is 7.19. The van der Waals surface area contributed by atoms with Crippen molar-refractivity contribution in [2.24, 2.45) is 5.92 Å². The van der Waals surface area contributed by atoms with Gasteiger partial charge in [0, 0.05) is 13.0 Å². The van der Waals surface area contributed by atoms with Crippen molar-refractivity contribution in [3.63, 3.8) is 0 Å². The van der Waals surface area contributed by atoms with Crippen LogP contribution in [-0.2, 0) is 9.59 Å². The third-order valence-electron chi connectivity index (χ3n) is 5.27. The van der Waals surface area contributed by atoms with Gasteiger partial charge in [-0.2, -0.15) is 0 Å². The predicted octanol–water partition coefficient (Wildman–Crippen LogP) is 4.21. The van der Waals surface area contributed by atoms with E-state index in [0.29, 0.717) is 0 Å². The number of anilines is 1. The quantitative estimate of drug-likeness (QED) is 0.742. The smallest absolute Gasteiger partial charge is 0.227 e. The minimum atomic E-state index is -0.491. The summed E-state index contributed by atoms with van der Waals surface area (Å²) < 4.78 is 14.0. The number of amides is 2. The van der Waals surface area contributed by atoms with Crippen LogP contribution in [0.3, 0.4) is 0 Å². The summed E-state index contributed by atoms with van der Waals surface area (Å²) in [5.41, 5.74) is 1.23. The molecule has 1 aliphatic heterocycles. The molecule has 1 saturated heterocycles. The summed E-state index contributed by atoms with van der Waals surface area (Å²) in [5, 5.41) is 5.26. The Hall–Kier alpha value is -3.21. The minimum absolute atomic E-state index is 0.0879. The van der Waals surface area contributed by atoms with Crippen LogP contribution in [0.1, 0.15) is 24.9 Å². The number of nitrogens with zero attached hydrogens (tertiary/aromatic N) is 1. The van der Waals surface area contributed by atoms with Gasteiger partial charge in [0.15, 0.2) is 0 Å². The maximum atomic E-state index is 14.0. The van der Waals surface area contributed by atoms with Crippen molar-refractivity contribution in [1.82, 2.24) is 5.32 Å². The Balaban J connectivity index is 1.46. The summed E-state index contributed by atoms with van der Waals surface area (Å²) in [4.78, 5) is 26.4. The monoisotopic (exact) mass is 376 g/mol. The predicted molar refractivity (Wildman–Crippen MR) is 107 cm³/mol. The zero-order valence-corrected chi connectivity index (χ0v) is 15.6. The molecular formula is C23H21FN2O2. The maximum Gasteiger partial charge on any atom is 0.227 e. The topological polar surface area (TPSA) is 49.4 Å². The minimum Gasteiger partial charge on any atom is -0.349 e. The molecule has 3 aromatic rings. The molecule has 1 heterocycles. The van der Waals surface area contributed by atoms with E-state index in [2.05, 4.69) is 11.4 Å². The van der Waals surface area contributed by atoms with Crippen LogP contribution in [0.25, 0.3) is 10.8 Å². The Morgan fingerprint density at radius 1 is 1.07 bits per heavy atom. The van der Waals surface area contributed by atoms with Crippen molar-refractivity contribution < 1.29 is 14.0 Å². The summed E-state index contributed by atoms with van der Waals surface area (Å²) in [6.45, 7) is 2.11. The molecule has 1 N–H and O–H groups in total. The molecule has 0 aromatic heterocycles. The summed E-state index contributed by atoms with van der Waals surface area (Å²) in [6, 6.07) is 20.1. The average Bonchev–Trinajstić information content (AvgIpc) is 3.09. The number of carbonyl (C=O) groups is 2. The van der Waals surface area contributed by atoms with E-state index < -0.39 is 11.7 Å². The van der Waals surface area contributed by atoms with E-state index in [1.807, 2.05) is 43.3 Å². The van der Waals surface area contributed by atoms with Crippen LogP contribution < -0.4 is 10.2 Å². The van der Waals surface area contributed by atoms with Gasteiger partial charge in [-0.05, 0) is 41.5 Å². The van der Waals surface area contributed by atoms with Crippen molar-refractivity contribution >= 4 is 28.3 Å². The van der Waals surface area contributed by atoms with Gasteiger partial charge in [-0.25, -0.2) is 4.39 Å². The fraction of sp³-hybridized carbons (Fsp3) is 0.217. The zero-order valence-electron chi connectivity index (χ0n) is 15.6. The third kappa shape index (κ3) is 3.48. The van der Waals surface area contributed by atoms with E-state index in [1.54, 1.807) is 18.2 Å². The number of halogens is 1. The van der Waals surface area contributed by atoms with Gasteiger partial charge in [-0.15, -0.1) is 0 Å². The highest BCUT2D eigenvalue weighted by Crippen LogP contribution is 2.28. The molecule has 1 fully saturated rings. The first-order valence-electron chi connectivity index (χ1n) is 9.37. The molecule has 142 valence electrons. The molecule has 0 radical (unpaired) electrons. The lowest BCUT2D eigenvalue weighted by molar-refractivity contribution is -0.126. The number of carbonyl (C=O) groups excluding carboxylic acids is 2. The van der Waals surface area contributed by atoms with Crippen LogP contribution in [0, 0.1) is 11.7 Å². The van der Waals surface area contributed by atoms with E-state index in [0.717, 1.165) is 16.3 Å². The highest BCUT2D eigenvalue weighted by atomic mass is 19.1. The summed E-state index contributed by atoms with van der Waals surface area (Å²) in [5.74, 6) is -1.37. The molecule has 5 heteroatoms. The van der Waals surface area contributed by atoms with E-state index in [-0.39, 0.29) is 36.5 Å². The summed E-state index contributed by atoms with van der Waals surface area (Å²) >= 11 is 0. The number of para-hydroxylation sites is 1. The molecule has 2 amide bonds. The molecule has 4 rings (SSSR count). The van der Waals surface area contributed by atoms with Gasteiger partial charge in [0.25, 0.3) is 0 Å². The van der Waals surface area contributed by atoms with E-state index in [4.69, 9.17) is 0 Å². The van der Waals surface area contributed by atoms with Gasteiger partial charge in [-0.3, -0.25) is 9.59 Å². The molecule has 2 unspecified atom stereocenters. The van der Waals surface area contributed by atoms with Crippen molar-refractivity contribution in [2.45, 2.75) is 19.4 Å². The van der Waals surface area contributed by atoms with Gasteiger partial charge in [-0.1, -0.05) is 48.5 Å². The fourth-order valence-corrected chi connectivity index (χ4v) is 3.68. The fourth-order valence-electron chi connectivity index (χ4n) is 3.68. The summed E-state index contributed by atoms with van der Waals surface area (Å²) in [7, 11) is 0. The largest absolute Gasteiger partial charge is 0.349 e. The van der Waals surface area contributed by atoms with E-state index in [1.165, 1.54) is 11.0 Å². The molecule has 0 bridgehead atoms. The lowest BCUT2D eigenvalue weighted by Crippen LogP contribution is -2.34. The third-order valence-corrected chi connectivity index (χ3v) is 5.27. The highest BCUT2D eigenvalue weighted by molar-refractivity contribution is 6.00. The molecular weight excluding hydrogens is 355 g/mol. The molecule has 0 spiro atoms. The van der Waals surface area contributed by atoms with Crippen LogP contribution in [0.15, 0.2) is 66.7 Å². The first-order chi connectivity index (χ1) is 13.5. The van der Waals surface area contributed by atoms with Crippen LogP contribution in [-0.4, -0.2) is 18.4 Å². The number of nitrogens with one attached hydrogen (secondary N) is 1. The second kappa shape index (κ2) is 7.43. The van der Waals surface area contributed by atoms with Gasteiger partial charge < -0.3 is 10.2 Å². The Morgan fingerprint density at radius 2 is 1.79 bits per heavy atom. The number of benzene rings is 3. The maximum absolute atomic E-state index is 14.0.